The van der Waals surface area contributed by atoms with Crippen molar-refractivity contribution in [3.8, 4) is 0 Å². The Morgan fingerprint density at radius 2 is 1.38 bits per heavy atom. The van der Waals surface area contributed by atoms with Crippen molar-refractivity contribution in [3.05, 3.63) is 60.7 Å². The Balaban J connectivity index is 2.57. The Bertz CT molecular complexity index is 770. The molecule has 0 aliphatic heterocycles. The molecule has 2 aromatic carbocycles. The largest absolute Gasteiger partial charge is 0.469 e. The third-order valence-electron chi connectivity index (χ3n) is 5.70. The highest BCUT2D eigenvalue weighted by molar-refractivity contribution is 6.99. The highest BCUT2D eigenvalue weighted by atomic mass is 28.4. The van der Waals surface area contributed by atoms with E-state index in [0.717, 1.165) is 16.7 Å². The Morgan fingerprint density at radius 3 is 1.72 bits per heavy atom. The van der Waals surface area contributed by atoms with Crippen LogP contribution in [0.5, 0.6) is 0 Å². The van der Waals surface area contributed by atoms with E-state index in [-0.39, 0.29) is 11.6 Å². The SMILES string of the molecule is COC(=O)C(C)(C)C(C=O)CO[Si](c1ccccc1)(c1ccccc1)C(C)(C)C. The lowest BCUT2D eigenvalue weighted by molar-refractivity contribution is -0.156. The van der Waals surface area contributed by atoms with Crippen LogP contribution in [0.25, 0.3) is 0 Å². The molecule has 0 aliphatic carbocycles. The van der Waals surface area contributed by atoms with E-state index in [0.29, 0.717) is 0 Å². The van der Waals surface area contributed by atoms with Crippen LogP contribution in [-0.2, 0) is 18.8 Å². The molecular formula is C24H32O4Si. The highest BCUT2D eigenvalue weighted by Gasteiger charge is 2.51. The van der Waals surface area contributed by atoms with Crippen molar-refractivity contribution in [2.75, 3.05) is 13.7 Å². The van der Waals surface area contributed by atoms with Gasteiger partial charge in [-0.1, -0.05) is 81.4 Å². The van der Waals surface area contributed by atoms with E-state index in [1.165, 1.54) is 7.11 Å². The maximum atomic E-state index is 12.3. The quantitative estimate of drug-likeness (QED) is 0.378. The molecule has 156 valence electrons. The number of ether oxygens (including phenoxy) is 1. The normalized spacial score (nSPS) is 13.6. The van der Waals surface area contributed by atoms with Gasteiger partial charge in [-0.15, -0.1) is 0 Å². The standard InChI is InChI=1S/C24H32O4Si/c1-23(2,3)29(20-13-9-7-10-14-20,21-15-11-8-12-16-21)28-18-19(17-25)24(4,5)22(26)27-6/h7-17,19H,18H2,1-6H3. The first-order valence-corrected chi connectivity index (χ1v) is 11.8. The maximum Gasteiger partial charge on any atom is 0.312 e. The summed E-state index contributed by atoms with van der Waals surface area (Å²) in [6, 6.07) is 20.5. The molecule has 0 radical (unpaired) electrons. The van der Waals surface area contributed by atoms with Crippen molar-refractivity contribution in [1.82, 2.24) is 0 Å². The smallest absolute Gasteiger partial charge is 0.312 e. The molecule has 0 heterocycles. The summed E-state index contributed by atoms with van der Waals surface area (Å²) in [4.78, 5) is 24.2. The maximum absolute atomic E-state index is 12.3. The summed E-state index contributed by atoms with van der Waals surface area (Å²) in [7, 11) is -1.42. The van der Waals surface area contributed by atoms with Gasteiger partial charge in [-0.25, -0.2) is 0 Å². The number of carbonyl (C=O) groups is 2. The third-order valence-corrected chi connectivity index (χ3v) is 10.7. The van der Waals surface area contributed by atoms with Crippen LogP contribution in [0.15, 0.2) is 60.7 Å². The van der Waals surface area contributed by atoms with Gasteiger partial charge in [0, 0.05) is 6.61 Å². The Labute approximate surface area is 175 Å². The molecule has 4 nitrogen and oxygen atoms in total. The van der Waals surface area contributed by atoms with Crippen molar-refractivity contribution in [3.63, 3.8) is 0 Å². The van der Waals surface area contributed by atoms with Crippen molar-refractivity contribution in [2.24, 2.45) is 11.3 Å². The first-order valence-electron chi connectivity index (χ1n) is 9.90. The minimum atomic E-state index is -2.76. The second kappa shape index (κ2) is 9.05. The lowest BCUT2D eigenvalue weighted by Crippen LogP contribution is -2.67. The summed E-state index contributed by atoms with van der Waals surface area (Å²) < 4.78 is 11.7. The molecule has 2 rings (SSSR count). The molecule has 0 saturated heterocycles. The summed E-state index contributed by atoms with van der Waals surface area (Å²) in [5.74, 6) is -1.03. The van der Waals surface area contributed by atoms with Crippen molar-refractivity contribution < 1.29 is 18.8 Å². The highest BCUT2D eigenvalue weighted by Crippen LogP contribution is 2.38. The van der Waals surface area contributed by atoms with E-state index in [2.05, 4.69) is 45.0 Å². The van der Waals surface area contributed by atoms with Gasteiger partial charge >= 0.3 is 5.97 Å². The van der Waals surface area contributed by atoms with Gasteiger partial charge in [0.1, 0.15) is 6.29 Å². The molecule has 0 aromatic heterocycles. The predicted octanol–water partition coefficient (Wildman–Crippen LogP) is 3.58. The molecule has 0 bridgehead atoms. The van der Waals surface area contributed by atoms with Crippen molar-refractivity contribution in [2.45, 2.75) is 39.7 Å². The molecule has 0 spiro atoms. The Morgan fingerprint density at radius 1 is 0.931 bits per heavy atom. The van der Waals surface area contributed by atoms with Crippen molar-refractivity contribution >= 4 is 30.9 Å². The topological polar surface area (TPSA) is 52.6 Å². The van der Waals surface area contributed by atoms with Crippen LogP contribution in [0.1, 0.15) is 34.6 Å². The van der Waals surface area contributed by atoms with E-state index in [9.17, 15) is 9.59 Å². The van der Waals surface area contributed by atoms with Crippen LogP contribution in [-0.4, -0.2) is 34.3 Å². The van der Waals surface area contributed by atoms with Gasteiger partial charge in [0.2, 0.25) is 0 Å². The number of methoxy groups -OCH3 is 1. The molecule has 1 unspecified atom stereocenters. The molecule has 0 fully saturated rings. The summed E-state index contributed by atoms with van der Waals surface area (Å²) in [6.45, 7) is 10.2. The second-order valence-electron chi connectivity index (χ2n) is 8.93. The second-order valence-corrected chi connectivity index (χ2v) is 13.2. The summed E-state index contributed by atoms with van der Waals surface area (Å²) in [5, 5.41) is 2.08. The van der Waals surface area contributed by atoms with E-state index in [1.54, 1.807) is 13.8 Å². The molecule has 0 aliphatic rings. The van der Waals surface area contributed by atoms with Crippen molar-refractivity contribution in [1.29, 1.82) is 0 Å². The van der Waals surface area contributed by atoms with E-state index < -0.39 is 25.6 Å². The zero-order chi connectivity index (χ0) is 21.7. The number of benzene rings is 2. The monoisotopic (exact) mass is 412 g/mol. The van der Waals surface area contributed by atoms with Gasteiger partial charge in [-0.2, -0.15) is 0 Å². The third kappa shape index (κ3) is 4.51. The zero-order valence-corrected chi connectivity index (χ0v) is 19.3. The molecule has 1 atom stereocenters. The van der Waals surface area contributed by atoms with E-state index in [1.807, 2.05) is 36.4 Å². The van der Waals surface area contributed by atoms with Crippen LogP contribution in [0.4, 0.5) is 0 Å². The fraction of sp³-hybridized carbons (Fsp3) is 0.417. The van der Waals surface area contributed by atoms with E-state index in [4.69, 9.17) is 9.16 Å². The summed E-state index contributed by atoms with van der Waals surface area (Å²) >= 11 is 0. The first-order chi connectivity index (χ1) is 13.6. The van der Waals surface area contributed by atoms with Gasteiger partial charge < -0.3 is 14.0 Å². The van der Waals surface area contributed by atoms with Gasteiger partial charge in [-0.3, -0.25) is 4.79 Å². The molecule has 0 saturated carbocycles. The molecule has 5 heteroatoms. The fourth-order valence-corrected chi connectivity index (χ4v) is 8.39. The number of esters is 1. The predicted molar refractivity (Wildman–Crippen MR) is 119 cm³/mol. The molecule has 0 amide bonds. The molecule has 0 N–H and O–H groups in total. The van der Waals surface area contributed by atoms with Crippen LogP contribution in [0.3, 0.4) is 0 Å². The van der Waals surface area contributed by atoms with Gasteiger partial charge in [0.25, 0.3) is 8.32 Å². The minimum Gasteiger partial charge on any atom is -0.469 e. The minimum absolute atomic E-state index is 0.152. The number of rotatable bonds is 8. The lowest BCUT2D eigenvalue weighted by atomic mass is 9.80. The van der Waals surface area contributed by atoms with Gasteiger partial charge in [0.05, 0.1) is 18.4 Å². The van der Waals surface area contributed by atoms with Crippen LogP contribution < -0.4 is 10.4 Å². The van der Waals surface area contributed by atoms with Crippen LogP contribution in [0, 0.1) is 11.3 Å². The Kier molecular flexibility index (Phi) is 7.19. The summed E-state index contributed by atoms with van der Waals surface area (Å²) in [5.41, 5.74) is -0.970. The first kappa shape index (κ1) is 23.0. The zero-order valence-electron chi connectivity index (χ0n) is 18.3. The van der Waals surface area contributed by atoms with Crippen LogP contribution >= 0.6 is 0 Å². The summed E-state index contributed by atoms with van der Waals surface area (Å²) in [6.07, 6.45) is 0.814. The van der Waals surface area contributed by atoms with Gasteiger partial charge in [0.15, 0.2) is 0 Å². The number of aldehydes is 1. The fourth-order valence-electron chi connectivity index (χ4n) is 3.81. The Hall–Kier alpha value is -2.24. The van der Waals surface area contributed by atoms with Gasteiger partial charge in [-0.05, 0) is 29.3 Å². The average molecular weight is 413 g/mol. The molecule has 29 heavy (non-hydrogen) atoms. The van der Waals surface area contributed by atoms with E-state index >= 15 is 0 Å². The number of hydrogen-bond donors (Lipinski definition) is 0. The number of carbonyl (C=O) groups excluding carboxylic acids is 2. The molecular weight excluding hydrogens is 380 g/mol. The van der Waals surface area contributed by atoms with Crippen LogP contribution in [0.2, 0.25) is 5.04 Å². The average Bonchev–Trinajstić information content (AvgIpc) is 2.70. The number of hydrogen-bond acceptors (Lipinski definition) is 4. The lowest BCUT2D eigenvalue weighted by Gasteiger charge is -2.44. The molecule has 2 aromatic rings.